The number of aromatic amines is 1. The predicted molar refractivity (Wildman–Crippen MR) is 277 cm³/mol. The highest BCUT2D eigenvalue weighted by Crippen LogP contribution is 2.54. The molecule has 1 atom stereocenters. The van der Waals surface area contributed by atoms with Gasteiger partial charge in [-0.15, -0.1) is 0 Å². The minimum atomic E-state index is -4.59. The zero-order valence-electron chi connectivity index (χ0n) is 41.3. The molecule has 4 heterocycles. The van der Waals surface area contributed by atoms with Gasteiger partial charge >= 0.3 is 0 Å². The van der Waals surface area contributed by atoms with E-state index in [1.807, 2.05) is 31.2 Å². The standard InChI is InChI=1S/C55H64N8O8S/c1-36(2)45-7-5-6-8-46(45)50-33-60(32-38-9-12-42(70-4)13-10-38)23-24-62(50)41-28-55(29-41)34-61(35-55)40-11-15-47(51(26-40)71-43-25-39-19-22-56-52(39)58-31-43)53(64)59-72(68,69)44-14-16-48(49(27-44)63(66)67)57-30-37-17-20-54(3,65)21-18-37/h5-16,19,22,25-27,31,36-37,41,50,57,65H,17-18,20-21,23-24,28-30,32-35H2,1-4H3,(H,56,58)(H,59,64)/t37?,50-,54?/m0/s1. The molecule has 4 aromatic carbocycles. The first-order valence-corrected chi connectivity index (χ1v) is 26.5. The van der Waals surface area contributed by atoms with Crippen molar-refractivity contribution in [2.45, 2.75) is 94.3 Å². The molecule has 16 nitrogen and oxygen atoms in total. The van der Waals surface area contributed by atoms with E-state index in [4.69, 9.17) is 9.47 Å². The molecule has 2 aliphatic carbocycles. The van der Waals surface area contributed by atoms with Crippen molar-refractivity contribution >= 4 is 44.0 Å². The first-order valence-electron chi connectivity index (χ1n) is 25.1. The molecule has 6 aromatic rings. The van der Waals surface area contributed by atoms with Crippen LogP contribution in [0.4, 0.5) is 17.1 Å². The molecule has 378 valence electrons. The smallest absolute Gasteiger partial charge is 0.293 e. The van der Waals surface area contributed by atoms with E-state index in [0.717, 1.165) is 87.8 Å². The van der Waals surface area contributed by atoms with Gasteiger partial charge in [-0.05, 0) is 123 Å². The van der Waals surface area contributed by atoms with Crippen LogP contribution in [-0.4, -0.2) is 102 Å². The van der Waals surface area contributed by atoms with Crippen LogP contribution in [0.2, 0.25) is 0 Å². The molecular weight excluding hydrogens is 933 g/mol. The number of methoxy groups -OCH3 is 1. The first-order chi connectivity index (χ1) is 34.5. The molecule has 72 heavy (non-hydrogen) atoms. The van der Waals surface area contributed by atoms with Gasteiger partial charge in [-0.2, -0.15) is 0 Å². The van der Waals surface area contributed by atoms with Gasteiger partial charge in [0.15, 0.2) is 0 Å². The maximum atomic E-state index is 14.1. The highest BCUT2D eigenvalue weighted by molar-refractivity contribution is 7.90. The SMILES string of the molecule is COc1ccc(CN2CCN(C3CC4(C3)CN(c3ccc(C(=O)NS(=O)(=O)c5ccc(NCC6CCC(C)(O)CC6)c([N+](=O)[O-])c5)c(Oc5cnc6[nH]ccc6c5)c3)C4)[C@H](c3ccccc3C(C)C)C2)cc1. The van der Waals surface area contributed by atoms with Crippen molar-refractivity contribution in [2.75, 3.05) is 56.6 Å². The van der Waals surface area contributed by atoms with E-state index in [-0.39, 0.29) is 34.4 Å². The van der Waals surface area contributed by atoms with Crippen LogP contribution in [-0.2, 0) is 16.6 Å². The van der Waals surface area contributed by atoms with Gasteiger partial charge in [0.25, 0.3) is 21.6 Å². The second-order valence-electron chi connectivity index (χ2n) is 21.1. The highest BCUT2D eigenvalue weighted by Gasteiger charge is 2.55. The lowest BCUT2D eigenvalue weighted by atomic mass is 9.59. The number of piperazine rings is 1. The van der Waals surface area contributed by atoms with Crippen molar-refractivity contribution in [3.63, 3.8) is 0 Å². The third-order valence-corrected chi connectivity index (χ3v) is 16.9. The monoisotopic (exact) mass is 996 g/mol. The second-order valence-corrected chi connectivity index (χ2v) is 22.8. The Bertz CT molecular complexity index is 3060. The summed E-state index contributed by atoms with van der Waals surface area (Å²) in [6.07, 6.45) is 8.24. The van der Waals surface area contributed by atoms with E-state index < -0.39 is 37.0 Å². The molecule has 4 N–H and O–H groups in total. The first kappa shape index (κ1) is 49.1. The van der Waals surface area contributed by atoms with Gasteiger partial charge in [0.05, 0.1) is 34.3 Å². The van der Waals surface area contributed by atoms with E-state index in [1.165, 1.54) is 35.0 Å². The van der Waals surface area contributed by atoms with Crippen LogP contribution in [0.25, 0.3) is 11.0 Å². The Morgan fingerprint density at radius 3 is 2.47 bits per heavy atom. The summed E-state index contributed by atoms with van der Waals surface area (Å²) in [4.78, 5) is 40.4. The minimum Gasteiger partial charge on any atom is -0.497 e. The summed E-state index contributed by atoms with van der Waals surface area (Å²) in [6, 6.07) is 30.4. The second kappa shape index (κ2) is 19.8. The molecule has 10 rings (SSSR count). The van der Waals surface area contributed by atoms with Crippen molar-refractivity contribution in [2.24, 2.45) is 11.3 Å². The van der Waals surface area contributed by atoms with Gasteiger partial charge in [-0.3, -0.25) is 24.7 Å². The average molecular weight is 997 g/mol. The summed E-state index contributed by atoms with van der Waals surface area (Å²) in [6.45, 7) is 12.2. The van der Waals surface area contributed by atoms with Crippen LogP contribution in [0, 0.1) is 21.4 Å². The molecule has 0 bridgehead atoms. The number of H-pyrrole nitrogens is 1. The van der Waals surface area contributed by atoms with Gasteiger partial charge in [-0.1, -0.05) is 50.2 Å². The van der Waals surface area contributed by atoms with Crippen molar-refractivity contribution < 1.29 is 32.7 Å². The van der Waals surface area contributed by atoms with Gasteiger partial charge in [0, 0.05) is 92.7 Å². The lowest BCUT2D eigenvalue weighted by molar-refractivity contribution is -0.384. The van der Waals surface area contributed by atoms with E-state index in [1.54, 1.807) is 31.5 Å². The van der Waals surface area contributed by atoms with E-state index in [9.17, 15) is 28.4 Å². The number of nitrogens with zero attached hydrogens (tertiary/aromatic N) is 5. The molecule has 17 heteroatoms. The number of hydrogen-bond acceptors (Lipinski definition) is 13. The van der Waals surface area contributed by atoms with Crippen molar-refractivity contribution in [3.05, 3.63) is 142 Å². The number of aromatic nitrogens is 2. The quantitative estimate of drug-likeness (QED) is 0.0530. The molecule has 0 radical (unpaired) electrons. The Labute approximate surface area is 420 Å². The van der Waals surface area contributed by atoms with Crippen molar-refractivity contribution in [1.29, 1.82) is 0 Å². The number of hydrogen-bond donors (Lipinski definition) is 4. The number of amides is 1. The Hall–Kier alpha value is -6.53. The molecule has 4 fully saturated rings. The summed E-state index contributed by atoms with van der Waals surface area (Å²) >= 11 is 0. The Morgan fingerprint density at radius 2 is 1.74 bits per heavy atom. The summed E-state index contributed by atoms with van der Waals surface area (Å²) in [5, 5.41) is 26.5. The highest BCUT2D eigenvalue weighted by atomic mass is 32.2. The topological polar surface area (TPSA) is 195 Å². The fourth-order valence-electron chi connectivity index (χ4n) is 11.5. The number of nitro benzene ring substituents is 1. The number of carbonyl (C=O) groups is 1. The summed E-state index contributed by atoms with van der Waals surface area (Å²) in [7, 11) is -2.89. The van der Waals surface area contributed by atoms with Gasteiger partial charge < -0.3 is 29.8 Å². The fraction of sp³-hybridized carbons (Fsp3) is 0.418. The lowest BCUT2D eigenvalue weighted by Crippen LogP contribution is -2.68. The van der Waals surface area contributed by atoms with Crippen LogP contribution in [0.15, 0.2) is 114 Å². The van der Waals surface area contributed by atoms with Crippen LogP contribution in [0.5, 0.6) is 17.2 Å². The van der Waals surface area contributed by atoms with Crippen LogP contribution >= 0.6 is 0 Å². The summed E-state index contributed by atoms with van der Waals surface area (Å²) in [5.41, 5.74) is 4.71. The lowest BCUT2D eigenvalue weighted by Gasteiger charge is -2.63. The fourth-order valence-corrected chi connectivity index (χ4v) is 12.5. The van der Waals surface area contributed by atoms with Gasteiger partial charge in [-0.25, -0.2) is 18.1 Å². The third kappa shape index (κ3) is 10.4. The number of pyridine rings is 1. The van der Waals surface area contributed by atoms with E-state index in [0.29, 0.717) is 42.7 Å². The molecule has 1 spiro atoms. The minimum absolute atomic E-state index is 0.0338. The normalized spacial score (nSPS) is 21.6. The molecule has 2 saturated heterocycles. The third-order valence-electron chi connectivity index (χ3n) is 15.6. The van der Waals surface area contributed by atoms with Crippen molar-refractivity contribution in [1.82, 2.24) is 24.5 Å². The summed E-state index contributed by atoms with van der Waals surface area (Å²) < 4.78 is 41.6. The largest absolute Gasteiger partial charge is 0.497 e. The van der Waals surface area contributed by atoms with Crippen LogP contribution in [0.3, 0.4) is 0 Å². The molecule has 4 aliphatic rings. The van der Waals surface area contributed by atoms with Crippen LogP contribution < -0.4 is 24.4 Å². The zero-order valence-corrected chi connectivity index (χ0v) is 42.2. The Balaban J connectivity index is 0.839. The number of ether oxygens (including phenoxy) is 2. The number of nitro groups is 1. The number of sulfonamides is 1. The maximum Gasteiger partial charge on any atom is 0.293 e. The molecule has 0 unspecified atom stereocenters. The predicted octanol–water partition coefficient (Wildman–Crippen LogP) is 9.40. The maximum absolute atomic E-state index is 14.1. The number of rotatable bonds is 16. The van der Waals surface area contributed by atoms with Gasteiger partial charge in [0.2, 0.25) is 0 Å². The Kier molecular flexibility index (Phi) is 13.5. The number of nitrogens with one attached hydrogen (secondary N) is 3. The van der Waals surface area contributed by atoms with Gasteiger partial charge in [0.1, 0.15) is 28.6 Å². The molecule has 2 aromatic heterocycles. The molecule has 2 aliphatic heterocycles. The molecular formula is C55H64N8O8S. The van der Waals surface area contributed by atoms with E-state index in [2.05, 4.69) is 85.0 Å². The molecule has 2 saturated carbocycles. The van der Waals surface area contributed by atoms with E-state index >= 15 is 0 Å². The molecule has 1 amide bonds. The number of carbonyl (C=O) groups excluding carboxylic acids is 1. The zero-order chi connectivity index (χ0) is 50.4. The number of aliphatic hydroxyl groups is 1. The number of fused-ring (bicyclic) bond motifs is 1. The van der Waals surface area contributed by atoms with Crippen LogP contribution in [0.1, 0.15) is 98.3 Å². The average Bonchev–Trinajstić information content (AvgIpc) is 3.81. The number of anilines is 2. The van der Waals surface area contributed by atoms with Crippen molar-refractivity contribution in [3.8, 4) is 17.2 Å². The number of benzene rings is 4. The Morgan fingerprint density at radius 1 is 0.972 bits per heavy atom. The summed E-state index contributed by atoms with van der Waals surface area (Å²) in [5.74, 6) is 0.999.